The zero-order valence-corrected chi connectivity index (χ0v) is 16.7. The summed E-state index contributed by atoms with van der Waals surface area (Å²) in [6.07, 6.45) is -5.09. The Labute approximate surface area is 168 Å². The van der Waals surface area contributed by atoms with Crippen LogP contribution in [0.15, 0.2) is 40.9 Å². The number of hydrogen-bond donors (Lipinski definition) is 2. The molecule has 1 heterocycles. The molecule has 28 heavy (non-hydrogen) atoms. The zero-order chi connectivity index (χ0) is 20.9. The van der Waals surface area contributed by atoms with Crippen molar-refractivity contribution >= 4 is 28.6 Å². The molecule has 1 aliphatic rings. The smallest absolute Gasteiger partial charge is 0.400 e. The van der Waals surface area contributed by atoms with Gasteiger partial charge in [0, 0.05) is 21.9 Å². The van der Waals surface area contributed by atoms with E-state index in [0.29, 0.717) is 36.1 Å². The summed E-state index contributed by atoms with van der Waals surface area (Å²) in [6.45, 7) is 2.29. The summed E-state index contributed by atoms with van der Waals surface area (Å²) in [6, 6.07) is 5.16. The van der Waals surface area contributed by atoms with Crippen LogP contribution < -0.4 is 5.73 Å². The molecule has 0 radical (unpaired) electrons. The van der Waals surface area contributed by atoms with Gasteiger partial charge in [-0.2, -0.15) is 13.2 Å². The van der Waals surface area contributed by atoms with Gasteiger partial charge in [0.15, 0.2) is 0 Å². The molecule has 0 amide bonds. The van der Waals surface area contributed by atoms with Crippen LogP contribution in [-0.4, -0.2) is 34.7 Å². The zero-order valence-electron chi connectivity index (χ0n) is 15.1. The normalized spacial score (nSPS) is 23.8. The van der Waals surface area contributed by atoms with Crippen LogP contribution in [0.25, 0.3) is 0 Å². The Morgan fingerprint density at radius 3 is 2.79 bits per heavy atom. The van der Waals surface area contributed by atoms with Gasteiger partial charge in [0.05, 0.1) is 22.5 Å². The number of nitrogens with one attached hydrogen (secondary N) is 1. The van der Waals surface area contributed by atoms with Crippen LogP contribution in [0.2, 0.25) is 0 Å². The van der Waals surface area contributed by atoms with Crippen LogP contribution in [0.5, 0.6) is 0 Å². The lowest BCUT2D eigenvalue weighted by molar-refractivity contribution is -0.137. The quantitative estimate of drug-likeness (QED) is 0.346. The van der Waals surface area contributed by atoms with Crippen molar-refractivity contribution < 1.29 is 26.7 Å². The van der Waals surface area contributed by atoms with E-state index in [4.69, 9.17) is 15.9 Å². The minimum absolute atomic E-state index is 0.0841. The molecule has 0 spiro atoms. The first-order valence-electron chi connectivity index (χ1n) is 8.43. The molecule has 1 aromatic rings. The minimum atomic E-state index is -4.40. The minimum Gasteiger partial charge on any atom is -0.400 e. The van der Waals surface area contributed by atoms with Gasteiger partial charge in [0.2, 0.25) is 6.43 Å². The Bertz CT molecular complexity index is 726. The Morgan fingerprint density at radius 2 is 2.14 bits per heavy atom. The monoisotopic (exact) mass is 440 g/mol. The van der Waals surface area contributed by atoms with Crippen molar-refractivity contribution in [2.24, 2.45) is 5.73 Å². The van der Waals surface area contributed by atoms with Crippen LogP contribution in [-0.2, 0) is 10.9 Å². The van der Waals surface area contributed by atoms with Crippen molar-refractivity contribution in [3.8, 4) is 0 Å². The lowest BCUT2D eigenvalue weighted by atomic mass is 9.95. The van der Waals surface area contributed by atoms with Gasteiger partial charge in [-0.3, -0.25) is 5.41 Å². The number of alkyl halides is 5. The van der Waals surface area contributed by atoms with E-state index in [1.54, 1.807) is 6.07 Å². The van der Waals surface area contributed by atoms with Crippen molar-refractivity contribution in [2.45, 2.75) is 48.1 Å². The maximum absolute atomic E-state index is 12.9. The maximum Gasteiger partial charge on any atom is 0.416 e. The fraction of sp³-hybridized carbons (Fsp3) is 0.500. The molecule has 2 atom stereocenters. The fourth-order valence-electron chi connectivity index (χ4n) is 2.74. The van der Waals surface area contributed by atoms with Gasteiger partial charge in [-0.25, -0.2) is 8.78 Å². The third-order valence-corrected chi connectivity index (χ3v) is 6.33. The molecule has 2 rings (SSSR count). The molecule has 2 unspecified atom stereocenters. The molecule has 10 heteroatoms. The fourth-order valence-corrected chi connectivity index (χ4v) is 4.58. The van der Waals surface area contributed by atoms with Crippen molar-refractivity contribution in [3.63, 3.8) is 0 Å². The lowest BCUT2D eigenvalue weighted by Crippen LogP contribution is -2.38. The van der Waals surface area contributed by atoms with Gasteiger partial charge in [-0.15, -0.1) is 23.5 Å². The third-order valence-electron chi connectivity index (χ3n) is 4.13. The highest BCUT2D eigenvalue weighted by atomic mass is 32.2. The number of halogens is 5. The van der Waals surface area contributed by atoms with E-state index in [1.165, 1.54) is 23.9 Å². The first-order valence-corrected chi connectivity index (χ1v) is 10.2. The molecule has 0 aliphatic carbocycles. The van der Waals surface area contributed by atoms with Crippen LogP contribution >= 0.6 is 23.5 Å². The van der Waals surface area contributed by atoms with Crippen molar-refractivity contribution in [2.75, 3.05) is 12.4 Å². The number of ether oxygens (including phenoxy) is 1. The van der Waals surface area contributed by atoms with E-state index in [2.05, 4.69) is 0 Å². The highest BCUT2D eigenvalue weighted by Crippen LogP contribution is 2.43. The van der Waals surface area contributed by atoms with Crippen molar-refractivity contribution in [1.29, 1.82) is 5.41 Å². The Balaban J connectivity index is 2.06. The van der Waals surface area contributed by atoms with E-state index < -0.39 is 34.8 Å². The Morgan fingerprint density at radius 1 is 1.43 bits per heavy atom. The molecule has 1 aromatic carbocycles. The molecule has 0 saturated carbocycles. The average Bonchev–Trinajstić information content (AvgIpc) is 2.59. The highest BCUT2D eigenvalue weighted by molar-refractivity contribution is 8.14. The number of hydrogen-bond acceptors (Lipinski definition) is 5. The van der Waals surface area contributed by atoms with Gasteiger partial charge >= 0.3 is 6.18 Å². The standard InChI is InChI=1S/C18H21F5N2OS2/c1-17(28-12-4-2-3-11(7-12)18(21,22)23)5-6-26-14(9-17)13(24)8-16(25)27-10-15(19)20/h2-4,7-8,14-15,25H,5-6,9-10,24H2,1H3/b13-8-,25-16?. The number of benzene rings is 1. The van der Waals surface area contributed by atoms with Gasteiger partial charge < -0.3 is 10.5 Å². The second kappa shape index (κ2) is 9.49. The largest absolute Gasteiger partial charge is 0.416 e. The summed E-state index contributed by atoms with van der Waals surface area (Å²) < 4.78 is 68.5. The lowest BCUT2D eigenvalue weighted by Gasteiger charge is -2.38. The Hall–Kier alpha value is -1.26. The summed E-state index contributed by atoms with van der Waals surface area (Å²) in [5.74, 6) is -0.489. The van der Waals surface area contributed by atoms with Gasteiger partial charge in [-0.1, -0.05) is 6.07 Å². The first kappa shape index (κ1) is 23.0. The molecule has 0 bridgehead atoms. The Kier molecular flexibility index (Phi) is 7.81. The summed E-state index contributed by atoms with van der Waals surface area (Å²) in [7, 11) is 0. The third kappa shape index (κ3) is 6.97. The first-order chi connectivity index (χ1) is 13.0. The predicted octanol–water partition coefficient (Wildman–Crippen LogP) is 5.55. The van der Waals surface area contributed by atoms with Crippen molar-refractivity contribution in [1.82, 2.24) is 0 Å². The van der Waals surface area contributed by atoms with Crippen LogP contribution in [0.3, 0.4) is 0 Å². The summed E-state index contributed by atoms with van der Waals surface area (Å²) in [5.41, 5.74) is 5.54. The molecule has 3 nitrogen and oxygen atoms in total. The van der Waals surface area contributed by atoms with Gasteiger partial charge in [0.1, 0.15) is 0 Å². The topological polar surface area (TPSA) is 59.1 Å². The SMILES string of the molecule is CC1(Sc2cccc(C(F)(F)F)c2)CCOC(/C(N)=C/C(=N)SCC(F)F)C1. The average molecular weight is 441 g/mol. The maximum atomic E-state index is 12.9. The van der Waals surface area contributed by atoms with Crippen molar-refractivity contribution in [3.05, 3.63) is 41.6 Å². The second-order valence-electron chi connectivity index (χ2n) is 6.60. The molecule has 1 fully saturated rings. The molecular weight excluding hydrogens is 419 g/mol. The van der Waals surface area contributed by atoms with Gasteiger partial charge in [0.25, 0.3) is 0 Å². The molecule has 1 aliphatic heterocycles. The van der Waals surface area contributed by atoms with Crippen LogP contribution in [0, 0.1) is 5.41 Å². The summed E-state index contributed by atoms with van der Waals surface area (Å²) in [4.78, 5) is 0.501. The van der Waals surface area contributed by atoms with Crippen LogP contribution in [0.4, 0.5) is 22.0 Å². The van der Waals surface area contributed by atoms with E-state index in [0.717, 1.165) is 12.1 Å². The van der Waals surface area contributed by atoms with E-state index in [1.807, 2.05) is 6.92 Å². The number of rotatable bonds is 6. The summed E-state index contributed by atoms with van der Waals surface area (Å²) in [5, 5.41) is 7.61. The van der Waals surface area contributed by atoms with E-state index in [9.17, 15) is 22.0 Å². The van der Waals surface area contributed by atoms with E-state index in [-0.39, 0.29) is 10.7 Å². The van der Waals surface area contributed by atoms with E-state index >= 15 is 0 Å². The molecular formula is C18H21F5N2OS2. The second-order valence-corrected chi connectivity index (χ2v) is 9.32. The summed E-state index contributed by atoms with van der Waals surface area (Å²) >= 11 is 2.02. The van der Waals surface area contributed by atoms with Gasteiger partial charge in [-0.05, 0) is 44.0 Å². The molecule has 156 valence electrons. The number of thioether (sulfide) groups is 2. The number of nitrogens with two attached hydrogens (primary N) is 1. The highest BCUT2D eigenvalue weighted by Gasteiger charge is 2.36. The molecule has 1 saturated heterocycles. The van der Waals surface area contributed by atoms with Crippen LogP contribution in [0.1, 0.15) is 25.3 Å². The molecule has 0 aromatic heterocycles. The molecule has 3 N–H and O–H groups in total. The predicted molar refractivity (Wildman–Crippen MR) is 103 cm³/mol.